The van der Waals surface area contributed by atoms with Crippen molar-refractivity contribution in [2.24, 2.45) is 0 Å². The van der Waals surface area contributed by atoms with Gasteiger partial charge in [0.05, 0.1) is 13.5 Å². The van der Waals surface area contributed by atoms with E-state index in [0.717, 1.165) is 46.4 Å². The number of amides is 1. The summed E-state index contributed by atoms with van der Waals surface area (Å²) in [6, 6.07) is 14.5. The third kappa shape index (κ3) is 5.34. The summed E-state index contributed by atoms with van der Waals surface area (Å²) in [5.41, 5.74) is 3.24. The molecular formula is C27H32N2O3. The molecule has 1 fully saturated rings. The van der Waals surface area contributed by atoms with E-state index in [2.05, 4.69) is 34.8 Å². The summed E-state index contributed by atoms with van der Waals surface area (Å²) in [5.74, 6) is 1.71. The third-order valence-corrected chi connectivity index (χ3v) is 6.11. The SMILES string of the molecule is C=CCOc1ccc2c(c1)c(CC(=O)NC1CCCCC1)cn2Cc1cccc(OC)c1. The van der Waals surface area contributed by atoms with Gasteiger partial charge in [0.25, 0.3) is 0 Å². The maximum absolute atomic E-state index is 12.9. The van der Waals surface area contributed by atoms with Crippen LogP contribution in [0.15, 0.2) is 61.3 Å². The Morgan fingerprint density at radius 1 is 1.16 bits per heavy atom. The van der Waals surface area contributed by atoms with E-state index in [1.807, 2.05) is 30.3 Å². The van der Waals surface area contributed by atoms with Crippen LogP contribution in [-0.2, 0) is 17.8 Å². The van der Waals surface area contributed by atoms with Gasteiger partial charge in [-0.1, -0.05) is 44.1 Å². The molecule has 1 aromatic heterocycles. The molecule has 1 N–H and O–H groups in total. The van der Waals surface area contributed by atoms with Crippen molar-refractivity contribution in [3.05, 3.63) is 72.4 Å². The fourth-order valence-electron chi connectivity index (χ4n) is 4.53. The van der Waals surface area contributed by atoms with Gasteiger partial charge < -0.3 is 19.4 Å². The van der Waals surface area contributed by atoms with Crippen LogP contribution in [0.4, 0.5) is 0 Å². The molecule has 168 valence electrons. The zero-order chi connectivity index (χ0) is 22.3. The van der Waals surface area contributed by atoms with E-state index >= 15 is 0 Å². The number of methoxy groups -OCH3 is 1. The summed E-state index contributed by atoms with van der Waals surface area (Å²) < 4.78 is 13.3. The topological polar surface area (TPSA) is 52.5 Å². The Bertz CT molecular complexity index is 1080. The molecule has 0 bridgehead atoms. The largest absolute Gasteiger partial charge is 0.497 e. The number of carbonyl (C=O) groups is 1. The molecule has 2 aromatic carbocycles. The lowest BCUT2D eigenvalue weighted by molar-refractivity contribution is -0.121. The highest BCUT2D eigenvalue weighted by molar-refractivity contribution is 5.90. The highest BCUT2D eigenvalue weighted by atomic mass is 16.5. The molecule has 0 aliphatic heterocycles. The Balaban J connectivity index is 1.61. The Morgan fingerprint density at radius 3 is 2.78 bits per heavy atom. The van der Waals surface area contributed by atoms with Gasteiger partial charge in [-0.05, 0) is 54.3 Å². The molecule has 5 nitrogen and oxygen atoms in total. The Kier molecular flexibility index (Phi) is 7.15. The van der Waals surface area contributed by atoms with E-state index in [9.17, 15) is 4.79 Å². The van der Waals surface area contributed by atoms with E-state index < -0.39 is 0 Å². The first kappa shape index (κ1) is 22.0. The predicted octanol–water partition coefficient (Wildman–Crippen LogP) is 5.25. The molecule has 1 aliphatic rings. The van der Waals surface area contributed by atoms with Crippen molar-refractivity contribution in [3.8, 4) is 11.5 Å². The van der Waals surface area contributed by atoms with Crippen LogP contribution in [0, 0.1) is 0 Å². The van der Waals surface area contributed by atoms with Crippen molar-refractivity contribution in [1.29, 1.82) is 0 Å². The van der Waals surface area contributed by atoms with Crippen molar-refractivity contribution in [3.63, 3.8) is 0 Å². The molecular weight excluding hydrogens is 400 g/mol. The lowest BCUT2D eigenvalue weighted by Crippen LogP contribution is -2.37. The minimum absolute atomic E-state index is 0.0924. The van der Waals surface area contributed by atoms with Gasteiger partial charge in [0.1, 0.15) is 18.1 Å². The van der Waals surface area contributed by atoms with Gasteiger partial charge in [-0.2, -0.15) is 0 Å². The number of fused-ring (bicyclic) bond motifs is 1. The number of ether oxygens (including phenoxy) is 2. The summed E-state index contributed by atoms with van der Waals surface area (Å²) in [5, 5.41) is 4.30. The molecule has 4 rings (SSSR count). The second-order valence-corrected chi connectivity index (χ2v) is 8.49. The zero-order valence-corrected chi connectivity index (χ0v) is 18.8. The minimum atomic E-state index is 0.0924. The number of rotatable bonds is 9. The standard InChI is InChI=1S/C27H32N2O3/c1-3-14-32-24-12-13-26-25(17-24)21(16-27(30)28-22-9-5-4-6-10-22)19-29(26)18-20-8-7-11-23(15-20)31-2/h3,7-8,11-13,15,17,19,22H,1,4-6,9-10,14,16,18H2,2H3,(H,28,30). The molecule has 0 radical (unpaired) electrons. The summed E-state index contributed by atoms with van der Waals surface area (Å²) in [7, 11) is 1.68. The lowest BCUT2D eigenvalue weighted by Gasteiger charge is -2.22. The van der Waals surface area contributed by atoms with Crippen LogP contribution in [0.2, 0.25) is 0 Å². The average Bonchev–Trinajstić information content (AvgIpc) is 3.14. The van der Waals surface area contributed by atoms with Crippen molar-refractivity contribution in [2.45, 2.75) is 51.1 Å². The molecule has 3 aromatic rings. The second kappa shape index (κ2) is 10.4. The smallest absolute Gasteiger partial charge is 0.224 e. The van der Waals surface area contributed by atoms with Crippen molar-refractivity contribution in [1.82, 2.24) is 9.88 Å². The number of benzene rings is 2. The maximum atomic E-state index is 12.9. The zero-order valence-electron chi connectivity index (χ0n) is 18.8. The number of hydrogen-bond donors (Lipinski definition) is 1. The average molecular weight is 433 g/mol. The van der Waals surface area contributed by atoms with Gasteiger partial charge in [0, 0.05) is 29.7 Å². The fraction of sp³-hybridized carbons (Fsp3) is 0.370. The Labute approximate surface area is 190 Å². The van der Waals surface area contributed by atoms with E-state index in [4.69, 9.17) is 9.47 Å². The summed E-state index contributed by atoms with van der Waals surface area (Å²) in [4.78, 5) is 12.9. The molecule has 1 heterocycles. The summed E-state index contributed by atoms with van der Waals surface area (Å²) >= 11 is 0. The Hall–Kier alpha value is -3.21. The highest BCUT2D eigenvalue weighted by Gasteiger charge is 2.18. The van der Waals surface area contributed by atoms with Crippen LogP contribution in [0.1, 0.15) is 43.2 Å². The van der Waals surface area contributed by atoms with Gasteiger partial charge >= 0.3 is 0 Å². The van der Waals surface area contributed by atoms with Crippen LogP contribution >= 0.6 is 0 Å². The van der Waals surface area contributed by atoms with Gasteiger partial charge in [-0.15, -0.1) is 0 Å². The first-order valence-electron chi connectivity index (χ1n) is 11.4. The van der Waals surface area contributed by atoms with Gasteiger partial charge in [-0.3, -0.25) is 4.79 Å². The number of aromatic nitrogens is 1. The molecule has 1 aliphatic carbocycles. The van der Waals surface area contributed by atoms with E-state index in [1.54, 1.807) is 13.2 Å². The van der Waals surface area contributed by atoms with Crippen LogP contribution < -0.4 is 14.8 Å². The molecule has 32 heavy (non-hydrogen) atoms. The fourth-order valence-corrected chi connectivity index (χ4v) is 4.53. The van der Waals surface area contributed by atoms with E-state index in [0.29, 0.717) is 25.6 Å². The summed E-state index contributed by atoms with van der Waals surface area (Å²) in [6.07, 6.45) is 10.1. The summed E-state index contributed by atoms with van der Waals surface area (Å²) in [6.45, 7) is 4.87. The van der Waals surface area contributed by atoms with Crippen LogP contribution in [-0.4, -0.2) is 30.2 Å². The molecule has 1 amide bonds. The number of carbonyl (C=O) groups excluding carboxylic acids is 1. The van der Waals surface area contributed by atoms with Crippen LogP contribution in [0.25, 0.3) is 10.9 Å². The van der Waals surface area contributed by atoms with Crippen molar-refractivity contribution < 1.29 is 14.3 Å². The number of hydrogen-bond acceptors (Lipinski definition) is 3. The predicted molar refractivity (Wildman–Crippen MR) is 128 cm³/mol. The van der Waals surface area contributed by atoms with Crippen molar-refractivity contribution >= 4 is 16.8 Å². The van der Waals surface area contributed by atoms with Crippen LogP contribution in [0.3, 0.4) is 0 Å². The molecule has 1 saturated carbocycles. The first-order chi connectivity index (χ1) is 15.7. The molecule has 0 spiro atoms. The van der Waals surface area contributed by atoms with Crippen LogP contribution in [0.5, 0.6) is 11.5 Å². The molecule has 0 saturated heterocycles. The normalized spacial score (nSPS) is 14.3. The minimum Gasteiger partial charge on any atom is -0.497 e. The quantitative estimate of drug-likeness (QED) is 0.470. The monoisotopic (exact) mass is 432 g/mol. The maximum Gasteiger partial charge on any atom is 0.224 e. The molecule has 0 atom stereocenters. The van der Waals surface area contributed by atoms with Crippen molar-refractivity contribution in [2.75, 3.05) is 13.7 Å². The molecule has 0 unspecified atom stereocenters. The van der Waals surface area contributed by atoms with Gasteiger partial charge in [0.2, 0.25) is 5.91 Å². The molecule has 5 heteroatoms. The second-order valence-electron chi connectivity index (χ2n) is 8.49. The van der Waals surface area contributed by atoms with Gasteiger partial charge in [0.15, 0.2) is 0 Å². The number of nitrogens with zero attached hydrogens (tertiary/aromatic N) is 1. The number of nitrogens with one attached hydrogen (secondary N) is 1. The first-order valence-corrected chi connectivity index (χ1v) is 11.4. The van der Waals surface area contributed by atoms with Gasteiger partial charge in [-0.25, -0.2) is 0 Å². The third-order valence-electron chi connectivity index (χ3n) is 6.11. The lowest BCUT2D eigenvalue weighted by atomic mass is 9.95. The van der Waals surface area contributed by atoms with E-state index in [-0.39, 0.29) is 5.91 Å². The Morgan fingerprint density at radius 2 is 2.00 bits per heavy atom. The van der Waals surface area contributed by atoms with E-state index in [1.165, 1.54) is 19.3 Å². The highest BCUT2D eigenvalue weighted by Crippen LogP contribution is 2.28.